The van der Waals surface area contributed by atoms with Crippen LogP contribution in [0.3, 0.4) is 0 Å². The van der Waals surface area contributed by atoms with Crippen molar-refractivity contribution in [2.24, 2.45) is 0 Å². The van der Waals surface area contributed by atoms with E-state index in [2.05, 4.69) is 31.3 Å². The van der Waals surface area contributed by atoms with Gasteiger partial charge < -0.3 is 9.84 Å². The summed E-state index contributed by atoms with van der Waals surface area (Å²) in [6.45, 7) is 4.88. The van der Waals surface area contributed by atoms with Crippen molar-refractivity contribution in [2.75, 3.05) is 18.4 Å². The second-order valence-electron chi connectivity index (χ2n) is 5.60. The van der Waals surface area contributed by atoms with Crippen LogP contribution >= 0.6 is 15.9 Å². The summed E-state index contributed by atoms with van der Waals surface area (Å²) >= 11 is 3.45. The van der Waals surface area contributed by atoms with Crippen LogP contribution in [0.1, 0.15) is 34.7 Å². The summed E-state index contributed by atoms with van der Waals surface area (Å²) in [7, 11) is 0. The van der Waals surface area contributed by atoms with Gasteiger partial charge in [-0.3, -0.25) is 9.69 Å². The molecule has 5 nitrogen and oxygen atoms in total. The Bertz CT molecular complexity index is 678. The molecule has 0 bridgehead atoms. The average molecular weight is 364 g/mol. The molecule has 0 spiro atoms. The second-order valence-corrected chi connectivity index (χ2v) is 6.45. The number of carbonyl (C=O) groups is 1. The van der Waals surface area contributed by atoms with Crippen molar-refractivity contribution in [3.8, 4) is 0 Å². The number of likely N-dealkylation sites (tertiary alicyclic amines) is 1. The molecule has 1 amide bonds. The Kier molecular flexibility index (Phi) is 4.59. The van der Waals surface area contributed by atoms with E-state index >= 15 is 0 Å². The van der Waals surface area contributed by atoms with Gasteiger partial charge in [0.15, 0.2) is 11.5 Å². The molecule has 2 heterocycles. The molecule has 3 rings (SSSR count). The number of aromatic nitrogens is 1. The molecule has 116 valence electrons. The molecular weight excluding hydrogens is 346 g/mol. The number of hydrogen-bond acceptors (Lipinski definition) is 4. The SMILES string of the molecule is Cc1ccc(NC(=O)c2cc(CN3CCCC3)on2)c(Br)c1. The topological polar surface area (TPSA) is 58.4 Å². The first kappa shape index (κ1) is 15.2. The Morgan fingerprint density at radius 2 is 2.14 bits per heavy atom. The number of nitrogens with one attached hydrogen (secondary N) is 1. The lowest BCUT2D eigenvalue weighted by Crippen LogP contribution is -2.18. The maximum atomic E-state index is 12.2. The molecule has 1 aliphatic rings. The summed E-state index contributed by atoms with van der Waals surface area (Å²) < 4.78 is 6.12. The average Bonchev–Trinajstić information content (AvgIpc) is 3.14. The smallest absolute Gasteiger partial charge is 0.277 e. The zero-order valence-electron chi connectivity index (χ0n) is 12.4. The summed E-state index contributed by atoms with van der Waals surface area (Å²) in [6, 6.07) is 7.48. The van der Waals surface area contributed by atoms with Crippen LogP contribution < -0.4 is 5.32 Å². The van der Waals surface area contributed by atoms with Crippen LogP contribution in [0.15, 0.2) is 33.3 Å². The minimum Gasteiger partial charge on any atom is -0.359 e. The molecule has 1 saturated heterocycles. The molecule has 1 aromatic carbocycles. The van der Waals surface area contributed by atoms with Crippen molar-refractivity contribution in [1.82, 2.24) is 10.1 Å². The lowest BCUT2D eigenvalue weighted by Gasteiger charge is -2.10. The van der Waals surface area contributed by atoms with Gasteiger partial charge in [-0.2, -0.15) is 0 Å². The highest BCUT2D eigenvalue weighted by atomic mass is 79.9. The van der Waals surface area contributed by atoms with Gasteiger partial charge in [-0.25, -0.2) is 0 Å². The lowest BCUT2D eigenvalue weighted by molar-refractivity contribution is 0.101. The number of amides is 1. The molecule has 22 heavy (non-hydrogen) atoms. The number of carbonyl (C=O) groups excluding carboxylic acids is 1. The molecule has 2 aromatic rings. The number of halogens is 1. The van der Waals surface area contributed by atoms with Crippen LogP contribution in [-0.2, 0) is 6.54 Å². The van der Waals surface area contributed by atoms with Gasteiger partial charge >= 0.3 is 0 Å². The Balaban J connectivity index is 1.65. The van der Waals surface area contributed by atoms with Crippen molar-refractivity contribution in [2.45, 2.75) is 26.3 Å². The van der Waals surface area contributed by atoms with E-state index in [1.807, 2.05) is 25.1 Å². The van der Waals surface area contributed by atoms with E-state index in [9.17, 15) is 4.79 Å². The van der Waals surface area contributed by atoms with Crippen molar-refractivity contribution in [3.63, 3.8) is 0 Å². The van der Waals surface area contributed by atoms with E-state index in [1.165, 1.54) is 12.8 Å². The number of benzene rings is 1. The Labute approximate surface area is 137 Å². The van der Waals surface area contributed by atoms with Gasteiger partial charge in [-0.15, -0.1) is 0 Å². The normalized spacial score (nSPS) is 15.2. The first-order valence-corrected chi connectivity index (χ1v) is 8.16. The van der Waals surface area contributed by atoms with Crippen LogP contribution in [0.5, 0.6) is 0 Å². The fourth-order valence-electron chi connectivity index (χ4n) is 2.56. The van der Waals surface area contributed by atoms with E-state index in [0.717, 1.165) is 34.6 Å². The quantitative estimate of drug-likeness (QED) is 0.901. The Morgan fingerprint density at radius 1 is 1.36 bits per heavy atom. The maximum absolute atomic E-state index is 12.2. The van der Waals surface area contributed by atoms with Gasteiger partial charge in [-0.05, 0) is 66.5 Å². The molecule has 0 radical (unpaired) electrons. The van der Waals surface area contributed by atoms with Crippen molar-refractivity contribution in [1.29, 1.82) is 0 Å². The molecular formula is C16H18BrN3O2. The fourth-order valence-corrected chi connectivity index (χ4v) is 3.16. The zero-order chi connectivity index (χ0) is 15.5. The third kappa shape index (κ3) is 3.56. The van der Waals surface area contributed by atoms with Crippen LogP contribution in [0, 0.1) is 6.92 Å². The molecule has 1 N–H and O–H groups in total. The molecule has 1 aliphatic heterocycles. The van der Waals surface area contributed by atoms with E-state index < -0.39 is 0 Å². The third-order valence-electron chi connectivity index (χ3n) is 3.74. The van der Waals surface area contributed by atoms with E-state index in [4.69, 9.17) is 4.52 Å². The van der Waals surface area contributed by atoms with Crippen LogP contribution in [-0.4, -0.2) is 29.1 Å². The van der Waals surface area contributed by atoms with Crippen molar-refractivity contribution < 1.29 is 9.32 Å². The van der Waals surface area contributed by atoms with Crippen molar-refractivity contribution in [3.05, 3.63) is 45.8 Å². The summed E-state index contributed by atoms with van der Waals surface area (Å²) in [5, 5.41) is 6.71. The van der Waals surface area contributed by atoms with Gasteiger partial charge in [0.25, 0.3) is 5.91 Å². The molecule has 0 unspecified atom stereocenters. The summed E-state index contributed by atoms with van der Waals surface area (Å²) in [5.41, 5.74) is 2.15. The Morgan fingerprint density at radius 3 is 2.86 bits per heavy atom. The monoisotopic (exact) mass is 363 g/mol. The number of rotatable bonds is 4. The molecule has 1 aromatic heterocycles. The van der Waals surface area contributed by atoms with E-state index in [-0.39, 0.29) is 5.91 Å². The highest BCUT2D eigenvalue weighted by molar-refractivity contribution is 9.10. The third-order valence-corrected chi connectivity index (χ3v) is 4.40. The number of nitrogens with zero attached hydrogens (tertiary/aromatic N) is 2. The summed E-state index contributed by atoms with van der Waals surface area (Å²) in [4.78, 5) is 14.5. The van der Waals surface area contributed by atoms with Crippen molar-refractivity contribution >= 4 is 27.5 Å². The van der Waals surface area contributed by atoms with Gasteiger partial charge in [0.2, 0.25) is 0 Å². The maximum Gasteiger partial charge on any atom is 0.277 e. The molecule has 6 heteroatoms. The summed E-state index contributed by atoms with van der Waals surface area (Å²) in [5.74, 6) is 0.469. The highest BCUT2D eigenvalue weighted by Crippen LogP contribution is 2.24. The lowest BCUT2D eigenvalue weighted by atomic mass is 10.2. The fraction of sp³-hybridized carbons (Fsp3) is 0.375. The largest absolute Gasteiger partial charge is 0.359 e. The van der Waals surface area contributed by atoms with Gasteiger partial charge in [0.1, 0.15) is 0 Å². The molecule has 0 aliphatic carbocycles. The van der Waals surface area contributed by atoms with E-state index in [0.29, 0.717) is 12.2 Å². The minimum atomic E-state index is -0.263. The standard InChI is InChI=1S/C16H18BrN3O2/c1-11-4-5-14(13(17)8-11)18-16(21)15-9-12(22-19-15)10-20-6-2-3-7-20/h4-5,8-9H,2-3,6-7,10H2,1H3,(H,18,21). The van der Waals surface area contributed by atoms with Gasteiger partial charge in [-0.1, -0.05) is 11.2 Å². The van der Waals surface area contributed by atoms with E-state index in [1.54, 1.807) is 6.07 Å². The zero-order valence-corrected chi connectivity index (χ0v) is 14.0. The second kappa shape index (κ2) is 6.62. The molecule has 0 saturated carbocycles. The van der Waals surface area contributed by atoms with Crippen LogP contribution in [0.25, 0.3) is 0 Å². The predicted molar refractivity (Wildman–Crippen MR) is 87.8 cm³/mol. The van der Waals surface area contributed by atoms with Crippen LogP contribution in [0.4, 0.5) is 5.69 Å². The van der Waals surface area contributed by atoms with Crippen LogP contribution in [0.2, 0.25) is 0 Å². The van der Waals surface area contributed by atoms with Gasteiger partial charge in [0, 0.05) is 10.5 Å². The number of anilines is 1. The minimum absolute atomic E-state index is 0.263. The van der Waals surface area contributed by atoms with Gasteiger partial charge in [0.05, 0.1) is 12.2 Å². The Hall–Kier alpha value is -1.66. The predicted octanol–water partition coefficient (Wildman–Crippen LogP) is 3.59. The number of aryl methyl sites for hydroxylation is 1. The first-order chi connectivity index (χ1) is 10.6. The highest BCUT2D eigenvalue weighted by Gasteiger charge is 2.17. The first-order valence-electron chi connectivity index (χ1n) is 7.37. The summed E-state index contributed by atoms with van der Waals surface area (Å²) in [6.07, 6.45) is 2.45. The molecule has 1 fully saturated rings. The molecule has 0 atom stereocenters. The number of hydrogen-bond donors (Lipinski definition) is 1.